The Morgan fingerprint density at radius 1 is 1.13 bits per heavy atom. The zero-order valence-corrected chi connectivity index (χ0v) is 18.0. The van der Waals surface area contributed by atoms with Crippen LogP contribution in [0.3, 0.4) is 0 Å². The van der Waals surface area contributed by atoms with Gasteiger partial charge in [-0.25, -0.2) is 12.8 Å². The molecule has 2 aromatic rings. The number of halogens is 3. The Bertz CT molecular complexity index is 1130. The van der Waals surface area contributed by atoms with E-state index in [1.54, 1.807) is 0 Å². The quantitative estimate of drug-likeness (QED) is 0.497. The van der Waals surface area contributed by atoms with E-state index >= 15 is 0 Å². The van der Waals surface area contributed by atoms with Crippen LogP contribution in [0.15, 0.2) is 35.2 Å². The molecule has 160 valence electrons. The molecule has 1 heterocycles. The Morgan fingerprint density at radius 2 is 1.77 bits per heavy atom. The van der Waals surface area contributed by atoms with Gasteiger partial charge in [-0.1, -0.05) is 23.2 Å². The first-order valence-electron chi connectivity index (χ1n) is 8.71. The van der Waals surface area contributed by atoms with Gasteiger partial charge in [0, 0.05) is 42.8 Å². The van der Waals surface area contributed by atoms with E-state index in [1.807, 2.05) is 0 Å². The van der Waals surface area contributed by atoms with Crippen molar-refractivity contribution in [2.24, 2.45) is 0 Å². The number of carbonyl (C=O) groups is 1. The zero-order valence-electron chi connectivity index (χ0n) is 15.6. The van der Waals surface area contributed by atoms with Crippen molar-refractivity contribution >= 4 is 44.8 Å². The van der Waals surface area contributed by atoms with Gasteiger partial charge in [0.05, 0.1) is 15.5 Å². The number of hydrogen-bond acceptors (Lipinski definition) is 5. The molecule has 0 spiro atoms. The van der Waals surface area contributed by atoms with E-state index in [-0.39, 0.29) is 52.2 Å². The Hall–Kier alpha value is -2.27. The van der Waals surface area contributed by atoms with Gasteiger partial charge in [-0.05, 0) is 31.2 Å². The number of nitrogens with zero attached hydrogens (tertiary/aromatic N) is 3. The van der Waals surface area contributed by atoms with Crippen LogP contribution < -0.4 is 0 Å². The van der Waals surface area contributed by atoms with E-state index in [4.69, 9.17) is 23.2 Å². The van der Waals surface area contributed by atoms with Gasteiger partial charge >= 0.3 is 0 Å². The number of nitro groups is 1. The zero-order chi connectivity index (χ0) is 22.2. The molecule has 1 fully saturated rings. The van der Waals surface area contributed by atoms with Crippen LogP contribution in [0, 0.1) is 22.9 Å². The highest BCUT2D eigenvalue weighted by atomic mass is 35.5. The molecule has 30 heavy (non-hydrogen) atoms. The lowest BCUT2D eigenvalue weighted by Gasteiger charge is -2.34. The number of rotatable bonds is 4. The van der Waals surface area contributed by atoms with Crippen LogP contribution in [0.25, 0.3) is 0 Å². The fraction of sp³-hybridized carbons (Fsp3) is 0.278. The first-order valence-corrected chi connectivity index (χ1v) is 10.9. The van der Waals surface area contributed by atoms with Crippen molar-refractivity contribution in [1.82, 2.24) is 9.21 Å². The Balaban J connectivity index is 1.78. The summed E-state index contributed by atoms with van der Waals surface area (Å²) in [4.78, 5) is 24.2. The van der Waals surface area contributed by atoms with Gasteiger partial charge in [0.1, 0.15) is 10.7 Å². The van der Waals surface area contributed by atoms with E-state index in [2.05, 4.69) is 0 Å². The third-order valence-electron chi connectivity index (χ3n) is 4.80. The van der Waals surface area contributed by atoms with E-state index in [0.29, 0.717) is 0 Å². The van der Waals surface area contributed by atoms with Gasteiger partial charge in [-0.2, -0.15) is 4.31 Å². The normalized spacial score (nSPS) is 15.3. The fourth-order valence-electron chi connectivity index (χ4n) is 3.11. The molecule has 2 aromatic carbocycles. The van der Waals surface area contributed by atoms with Gasteiger partial charge in [-0.3, -0.25) is 14.9 Å². The summed E-state index contributed by atoms with van der Waals surface area (Å²) in [6.45, 7) is 1.27. The van der Waals surface area contributed by atoms with E-state index in [0.717, 1.165) is 12.1 Å². The van der Waals surface area contributed by atoms with Crippen LogP contribution in [-0.2, 0) is 10.0 Å². The van der Waals surface area contributed by atoms with Gasteiger partial charge in [0.25, 0.3) is 11.6 Å². The minimum atomic E-state index is -3.93. The molecule has 0 radical (unpaired) electrons. The first-order chi connectivity index (χ1) is 14.0. The topological polar surface area (TPSA) is 101 Å². The van der Waals surface area contributed by atoms with Crippen LogP contribution in [0.1, 0.15) is 15.9 Å². The number of amides is 1. The van der Waals surface area contributed by atoms with Gasteiger partial charge in [0.2, 0.25) is 10.0 Å². The van der Waals surface area contributed by atoms with Crippen LogP contribution >= 0.6 is 23.2 Å². The van der Waals surface area contributed by atoms with Crippen LogP contribution in [0.5, 0.6) is 0 Å². The summed E-state index contributed by atoms with van der Waals surface area (Å²) in [6.07, 6.45) is 0. The molecule has 0 unspecified atom stereocenters. The SMILES string of the molecule is Cc1c(F)cc(C(=O)N2CCN(S(=O)(=O)c3cc(Cl)ccc3Cl)CC2)cc1[N+](=O)[O-]. The second-order valence-electron chi connectivity index (χ2n) is 6.63. The standard InChI is InChI=1S/C18H16Cl2FN3O5S/c1-11-15(21)8-12(9-16(11)24(26)27)18(25)22-4-6-23(7-5-22)30(28,29)17-10-13(19)2-3-14(17)20/h2-3,8-10H,4-7H2,1H3. The highest BCUT2D eigenvalue weighted by molar-refractivity contribution is 7.89. The number of sulfonamides is 1. The molecule has 1 saturated heterocycles. The second-order valence-corrected chi connectivity index (χ2v) is 9.38. The monoisotopic (exact) mass is 475 g/mol. The fourth-order valence-corrected chi connectivity index (χ4v) is 5.26. The molecule has 0 aromatic heterocycles. The number of piperazine rings is 1. The number of carbonyl (C=O) groups excluding carboxylic acids is 1. The third kappa shape index (κ3) is 4.27. The van der Waals surface area contributed by atoms with Crippen LogP contribution in [0.2, 0.25) is 10.0 Å². The maximum Gasteiger partial charge on any atom is 0.276 e. The van der Waals surface area contributed by atoms with Crippen molar-refractivity contribution in [3.8, 4) is 0 Å². The average Bonchev–Trinajstić information content (AvgIpc) is 2.71. The summed E-state index contributed by atoms with van der Waals surface area (Å²) in [5, 5.41) is 11.3. The summed E-state index contributed by atoms with van der Waals surface area (Å²) in [5.74, 6) is -1.47. The first kappa shape index (κ1) is 22.4. The molecule has 1 amide bonds. The van der Waals surface area contributed by atoms with Crippen molar-refractivity contribution < 1.29 is 22.5 Å². The lowest BCUT2D eigenvalue weighted by Crippen LogP contribution is -2.50. The van der Waals surface area contributed by atoms with Crippen molar-refractivity contribution in [3.05, 3.63) is 67.4 Å². The second kappa shape index (κ2) is 8.46. The smallest absolute Gasteiger partial charge is 0.276 e. The lowest BCUT2D eigenvalue weighted by molar-refractivity contribution is -0.385. The van der Waals surface area contributed by atoms with Gasteiger partial charge in [0.15, 0.2) is 0 Å². The number of nitro benzene ring substituents is 1. The molecule has 0 N–H and O–H groups in total. The van der Waals surface area contributed by atoms with E-state index in [1.165, 1.54) is 34.3 Å². The highest BCUT2D eigenvalue weighted by Gasteiger charge is 2.32. The summed E-state index contributed by atoms with van der Waals surface area (Å²) in [5.41, 5.74) is -0.819. The maximum absolute atomic E-state index is 14.0. The van der Waals surface area contributed by atoms with Crippen molar-refractivity contribution in [2.75, 3.05) is 26.2 Å². The van der Waals surface area contributed by atoms with Crippen LogP contribution in [0.4, 0.5) is 10.1 Å². The summed E-state index contributed by atoms with van der Waals surface area (Å²) >= 11 is 11.9. The maximum atomic E-state index is 14.0. The van der Waals surface area contributed by atoms with E-state index < -0.39 is 32.4 Å². The minimum Gasteiger partial charge on any atom is -0.336 e. The lowest BCUT2D eigenvalue weighted by atomic mass is 10.1. The Labute approximate surface area is 182 Å². The molecule has 0 atom stereocenters. The number of benzene rings is 2. The molecule has 0 saturated carbocycles. The van der Waals surface area contributed by atoms with Crippen LogP contribution in [-0.4, -0.2) is 54.6 Å². The molecule has 12 heteroatoms. The van der Waals surface area contributed by atoms with Crippen molar-refractivity contribution in [1.29, 1.82) is 0 Å². The van der Waals surface area contributed by atoms with Gasteiger partial charge < -0.3 is 4.90 Å². The summed E-state index contributed by atoms with van der Waals surface area (Å²) in [6, 6.07) is 6.08. The summed E-state index contributed by atoms with van der Waals surface area (Å²) < 4.78 is 40.9. The third-order valence-corrected chi connectivity index (χ3v) is 7.41. The predicted molar refractivity (Wildman–Crippen MR) is 109 cm³/mol. The molecule has 0 bridgehead atoms. The molecule has 0 aliphatic carbocycles. The molecule has 8 nitrogen and oxygen atoms in total. The Morgan fingerprint density at radius 3 is 2.37 bits per heavy atom. The molecule has 1 aliphatic heterocycles. The number of hydrogen-bond donors (Lipinski definition) is 0. The van der Waals surface area contributed by atoms with Crippen molar-refractivity contribution in [2.45, 2.75) is 11.8 Å². The largest absolute Gasteiger partial charge is 0.336 e. The summed E-state index contributed by atoms with van der Waals surface area (Å²) in [7, 11) is -3.93. The Kier molecular flexibility index (Phi) is 6.32. The minimum absolute atomic E-state index is 0.0205. The molecule has 3 rings (SSSR count). The molecular formula is C18H16Cl2FN3O5S. The molecular weight excluding hydrogens is 460 g/mol. The predicted octanol–water partition coefficient (Wildman–Crippen LogP) is 3.50. The molecule has 1 aliphatic rings. The van der Waals surface area contributed by atoms with Gasteiger partial charge in [-0.15, -0.1) is 0 Å². The highest BCUT2D eigenvalue weighted by Crippen LogP contribution is 2.29. The van der Waals surface area contributed by atoms with E-state index in [9.17, 15) is 27.7 Å². The average molecular weight is 476 g/mol. The van der Waals surface area contributed by atoms with Crippen molar-refractivity contribution in [3.63, 3.8) is 0 Å².